The molecule has 0 N–H and O–H groups in total. The van der Waals surface area contributed by atoms with Crippen molar-refractivity contribution in [2.24, 2.45) is 0 Å². The third-order valence-corrected chi connectivity index (χ3v) is 3.15. The molecule has 2 aromatic rings. The molecule has 0 fully saturated rings. The molecule has 5 nitrogen and oxygen atoms in total. The third kappa shape index (κ3) is 3.66. The van der Waals surface area contributed by atoms with Crippen molar-refractivity contribution >= 4 is 21.7 Å². The summed E-state index contributed by atoms with van der Waals surface area (Å²) in [6.45, 7) is 3.70. The molecular formula is C14H15BrN2O3. The molecule has 0 radical (unpaired) electrons. The van der Waals surface area contributed by atoms with Crippen LogP contribution in [0.4, 0.5) is 0 Å². The van der Waals surface area contributed by atoms with Crippen molar-refractivity contribution in [1.29, 1.82) is 0 Å². The Morgan fingerprint density at radius 2 is 2.25 bits per heavy atom. The highest BCUT2D eigenvalue weighted by molar-refractivity contribution is 9.10. The maximum atomic E-state index is 11.6. The highest BCUT2D eigenvalue weighted by Crippen LogP contribution is 2.24. The first kappa shape index (κ1) is 14.7. The van der Waals surface area contributed by atoms with E-state index >= 15 is 0 Å². The van der Waals surface area contributed by atoms with Crippen molar-refractivity contribution in [1.82, 2.24) is 10.1 Å². The van der Waals surface area contributed by atoms with Gasteiger partial charge < -0.3 is 9.26 Å². The molecule has 0 aliphatic rings. The van der Waals surface area contributed by atoms with E-state index in [-0.39, 0.29) is 12.4 Å². The van der Waals surface area contributed by atoms with Gasteiger partial charge in [0, 0.05) is 10.9 Å². The Kier molecular flexibility index (Phi) is 4.89. The molecule has 20 heavy (non-hydrogen) atoms. The minimum Gasteiger partial charge on any atom is -0.483 e. The summed E-state index contributed by atoms with van der Waals surface area (Å²) >= 11 is 3.33. The average Bonchev–Trinajstić information content (AvgIpc) is 2.85. The molecule has 106 valence electrons. The summed E-state index contributed by atoms with van der Waals surface area (Å²) in [5.41, 5.74) is 0.521. The van der Waals surface area contributed by atoms with Crippen molar-refractivity contribution < 1.29 is 14.1 Å². The normalized spacial score (nSPS) is 10.6. The summed E-state index contributed by atoms with van der Waals surface area (Å²) in [7, 11) is 0. The first-order valence-electron chi connectivity index (χ1n) is 6.35. The second-order valence-corrected chi connectivity index (χ2v) is 5.26. The van der Waals surface area contributed by atoms with E-state index in [1.807, 2.05) is 13.0 Å². The van der Waals surface area contributed by atoms with Gasteiger partial charge in [0.25, 0.3) is 5.89 Å². The van der Waals surface area contributed by atoms with Crippen molar-refractivity contribution in [3.63, 3.8) is 0 Å². The SMILES string of the molecule is CCCc1noc(COc2ccc(Br)cc2C(C)=O)n1. The van der Waals surface area contributed by atoms with E-state index in [0.29, 0.717) is 23.0 Å². The highest BCUT2D eigenvalue weighted by Gasteiger charge is 2.11. The molecule has 0 saturated heterocycles. The van der Waals surface area contributed by atoms with Crippen LogP contribution in [0.2, 0.25) is 0 Å². The fourth-order valence-corrected chi connectivity index (χ4v) is 2.08. The zero-order valence-corrected chi connectivity index (χ0v) is 12.9. The first-order chi connectivity index (χ1) is 9.60. The highest BCUT2D eigenvalue weighted by atomic mass is 79.9. The zero-order valence-electron chi connectivity index (χ0n) is 11.4. The van der Waals surface area contributed by atoms with Gasteiger partial charge in [0.2, 0.25) is 0 Å². The van der Waals surface area contributed by atoms with Crippen molar-refractivity contribution in [2.45, 2.75) is 33.3 Å². The Bertz CT molecular complexity index is 610. The van der Waals surface area contributed by atoms with Crippen LogP contribution in [0.1, 0.15) is 42.3 Å². The predicted octanol–water partition coefficient (Wildman–Crippen LogP) is 3.57. The summed E-state index contributed by atoms with van der Waals surface area (Å²) in [5.74, 6) is 1.54. The number of aryl methyl sites for hydroxylation is 1. The molecule has 1 aromatic heterocycles. The maximum Gasteiger partial charge on any atom is 0.264 e. The summed E-state index contributed by atoms with van der Waals surface area (Å²) in [5, 5.41) is 3.85. The van der Waals surface area contributed by atoms with Crippen LogP contribution in [-0.4, -0.2) is 15.9 Å². The predicted molar refractivity (Wildman–Crippen MR) is 76.8 cm³/mol. The number of carbonyl (C=O) groups excluding carboxylic acids is 1. The fraction of sp³-hybridized carbons (Fsp3) is 0.357. The number of hydrogen-bond acceptors (Lipinski definition) is 5. The molecule has 1 aromatic carbocycles. The number of nitrogens with zero attached hydrogens (tertiary/aromatic N) is 2. The van der Waals surface area contributed by atoms with Crippen molar-refractivity contribution in [3.05, 3.63) is 40.0 Å². The molecule has 0 aliphatic carbocycles. The maximum absolute atomic E-state index is 11.6. The standard InChI is InChI=1S/C14H15BrN2O3/c1-3-4-13-16-14(20-17-13)8-19-12-6-5-10(15)7-11(12)9(2)18/h5-7H,3-4,8H2,1-2H3. The summed E-state index contributed by atoms with van der Waals surface area (Å²) < 4.78 is 11.5. The van der Waals surface area contributed by atoms with Gasteiger partial charge in [-0.15, -0.1) is 0 Å². The molecule has 0 unspecified atom stereocenters. The molecule has 2 rings (SSSR count). The van der Waals surface area contributed by atoms with E-state index in [1.54, 1.807) is 12.1 Å². The van der Waals surface area contributed by atoms with E-state index in [1.165, 1.54) is 6.92 Å². The van der Waals surface area contributed by atoms with E-state index in [4.69, 9.17) is 9.26 Å². The number of carbonyl (C=O) groups is 1. The number of Topliss-reactive ketones (excluding diaryl/α,β-unsaturated/α-hetero) is 1. The Morgan fingerprint density at radius 3 is 2.95 bits per heavy atom. The smallest absolute Gasteiger partial charge is 0.264 e. The molecule has 1 heterocycles. The van der Waals surface area contributed by atoms with Gasteiger partial charge in [0.1, 0.15) is 5.75 Å². The Labute approximate surface area is 125 Å². The van der Waals surface area contributed by atoms with Crippen LogP contribution in [0.3, 0.4) is 0 Å². The van der Waals surface area contributed by atoms with Crippen LogP contribution in [-0.2, 0) is 13.0 Å². The van der Waals surface area contributed by atoms with Crippen LogP contribution in [0.5, 0.6) is 5.75 Å². The lowest BCUT2D eigenvalue weighted by Crippen LogP contribution is -2.02. The number of halogens is 1. The molecule has 0 amide bonds. The van der Waals surface area contributed by atoms with Gasteiger partial charge >= 0.3 is 0 Å². The summed E-state index contributed by atoms with van der Waals surface area (Å²) in [6, 6.07) is 5.29. The lowest BCUT2D eigenvalue weighted by molar-refractivity contribution is 0.101. The molecule has 0 saturated carbocycles. The fourth-order valence-electron chi connectivity index (χ4n) is 1.72. The minimum absolute atomic E-state index is 0.0569. The number of benzene rings is 1. The van der Waals surface area contributed by atoms with Gasteiger partial charge in [0.15, 0.2) is 18.2 Å². The minimum atomic E-state index is -0.0569. The average molecular weight is 339 g/mol. The second-order valence-electron chi connectivity index (χ2n) is 4.34. The van der Waals surface area contributed by atoms with Crippen LogP contribution in [0.25, 0.3) is 0 Å². The Balaban J connectivity index is 2.08. The first-order valence-corrected chi connectivity index (χ1v) is 7.14. The van der Waals surface area contributed by atoms with Gasteiger partial charge in [-0.25, -0.2) is 0 Å². The monoisotopic (exact) mass is 338 g/mol. The Hall–Kier alpha value is -1.69. The second kappa shape index (κ2) is 6.65. The lowest BCUT2D eigenvalue weighted by Gasteiger charge is -2.08. The number of aromatic nitrogens is 2. The molecule has 0 bridgehead atoms. The van der Waals surface area contributed by atoms with Crippen LogP contribution in [0, 0.1) is 0 Å². The number of ketones is 1. The summed E-state index contributed by atoms with van der Waals surface area (Å²) in [6.07, 6.45) is 1.74. The van der Waals surface area contributed by atoms with Crippen molar-refractivity contribution in [3.8, 4) is 5.75 Å². The lowest BCUT2D eigenvalue weighted by atomic mass is 10.1. The van der Waals surface area contributed by atoms with Gasteiger partial charge in [-0.1, -0.05) is 28.0 Å². The van der Waals surface area contributed by atoms with E-state index in [2.05, 4.69) is 26.1 Å². The zero-order chi connectivity index (χ0) is 14.5. The van der Waals surface area contributed by atoms with Gasteiger partial charge in [-0.3, -0.25) is 4.79 Å². The van der Waals surface area contributed by atoms with Crippen LogP contribution in [0.15, 0.2) is 27.2 Å². The molecule has 6 heteroatoms. The van der Waals surface area contributed by atoms with Crippen LogP contribution < -0.4 is 4.74 Å². The molecular weight excluding hydrogens is 324 g/mol. The van der Waals surface area contributed by atoms with E-state index < -0.39 is 0 Å². The van der Waals surface area contributed by atoms with Crippen LogP contribution >= 0.6 is 15.9 Å². The van der Waals surface area contributed by atoms with Gasteiger partial charge in [-0.05, 0) is 31.5 Å². The summed E-state index contributed by atoms with van der Waals surface area (Å²) in [4.78, 5) is 15.8. The largest absolute Gasteiger partial charge is 0.483 e. The molecule has 0 atom stereocenters. The number of rotatable bonds is 6. The number of ether oxygens (including phenoxy) is 1. The molecule has 0 spiro atoms. The quantitative estimate of drug-likeness (QED) is 0.753. The van der Waals surface area contributed by atoms with Gasteiger partial charge in [0.05, 0.1) is 5.56 Å². The van der Waals surface area contributed by atoms with E-state index in [0.717, 1.165) is 17.3 Å². The van der Waals surface area contributed by atoms with E-state index in [9.17, 15) is 4.79 Å². The topological polar surface area (TPSA) is 65.2 Å². The third-order valence-electron chi connectivity index (χ3n) is 2.66. The van der Waals surface area contributed by atoms with Gasteiger partial charge in [-0.2, -0.15) is 4.98 Å². The Morgan fingerprint density at radius 1 is 1.45 bits per heavy atom. The number of hydrogen-bond donors (Lipinski definition) is 0. The molecule has 0 aliphatic heterocycles. The van der Waals surface area contributed by atoms with Crippen molar-refractivity contribution in [2.75, 3.05) is 0 Å².